The average molecular weight is 530 g/mol. The molecule has 0 aliphatic carbocycles. The molecule has 0 saturated carbocycles. The van der Waals surface area contributed by atoms with Crippen molar-refractivity contribution < 1.29 is 19.0 Å². The number of rotatable bonds is 10. The number of aromatic nitrogens is 2. The van der Waals surface area contributed by atoms with Crippen LogP contribution in [0.1, 0.15) is 51.4 Å². The average Bonchev–Trinajstić information content (AvgIpc) is 2.83. The first-order valence-corrected chi connectivity index (χ1v) is 12.0. The minimum atomic E-state index is -0.456. The second kappa shape index (κ2) is 11.8. The van der Waals surface area contributed by atoms with E-state index in [2.05, 4.69) is 21.0 Å². The third kappa shape index (κ3) is 6.02. The van der Waals surface area contributed by atoms with E-state index in [1.54, 1.807) is 37.4 Å². The number of nitrogens with zero attached hydrogens (tertiary/aromatic N) is 3. The molecule has 1 heterocycles. The van der Waals surface area contributed by atoms with E-state index in [1.807, 2.05) is 32.9 Å². The zero-order chi connectivity index (χ0) is 24.7. The lowest BCUT2D eigenvalue weighted by Crippen LogP contribution is -2.23. The molecule has 0 aliphatic rings. The Hall–Kier alpha value is -3.20. The zero-order valence-electron chi connectivity index (χ0n) is 19.7. The summed E-state index contributed by atoms with van der Waals surface area (Å²) in [6.45, 7) is 8.13. The van der Waals surface area contributed by atoms with Gasteiger partial charge in [-0.2, -0.15) is 9.78 Å². The first-order valence-electron chi connectivity index (χ1n) is 11.2. The molecule has 0 bridgehead atoms. The van der Waals surface area contributed by atoms with Gasteiger partial charge in [-0.25, -0.2) is 9.78 Å². The molecule has 34 heavy (non-hydrogen) atoms. The lowest BCUT2D eigenvalue weighted by atomic mass is 10.1. The third-order valence-electron chi connectivity index (χ3n) is 5.13. The van der Waals surface area contributed by atoms with Crippen molar-refractivity contribution in [3.05, 3.63) is 62.6 Å². The van der Waals surface area contributed by atoms with Gasteiger partial charge in [0.2, 0.25) is 0 Å². The lowest BCUT2D eigenvalue weighted by Gasteiger charge is -2.14. The summed E-state index contributed by atoms with van der Waals surface area (Å²) >= 11 is 3.42. The molecule has 9 heteroatoms. The van der Waals surface area contributed by atoms with Crippen LogP contribution < -0.4 is 15.0 Å². The monoisotopic (exact) mass is 529 g/mol. The summed E-state index contributed by atoms with van der Waals surface area (Å²) in [7, 11) is 0. The van der Waals surface area contributed by atoms with E-state index in [0.29, 0.717) is 40.4 Å². The van der Waals surface area contributed by atoms with Gasteiger partial charge in [-0.15, -0.1) is 0 Å². The number of ether oxygens (including phenoxy) is 3. The van der Waals surface area contributed by atoms with Crippen LogP contribution in [0.2, 0.25) is 0 Å². The van der Waals surface area contributed by atoms with Gasteiger partial charge < -0.3 is 14.2 Å². The molecule has 0 saturated heterocycles. The molecule has 2 aromatic carbocycles. The van der Waals surface area contributed by atoms with E-state index in [9.17, 15) is 9.59 Å². The highest BCUT2D eigenvalue weighted by atomic mass is 79.9. The summed E-state index contributed by atoms with van der Waals surface area (Å²) in [5, 5.41) is 4.97. The Kier molecular flexibility index (Phi) is 8.81. The Bertz CT molecular complexity index is 1260. The topological polar surface area (TPSA) is 92.0 Å². The number of carbonyl (C=O) groups is 1. The fourth-order valence-electron chi connectivity index (χ4n) is 3.24. The fraction of sp³-hybridized carbons (Fsp3) is 0.360. The minimum Gasteiger partial charge on any atom is -0.490 e. The highest BCUT2D eigenvalue weighted by Crippen LogP contribution is 2.28. The van der Waals surface area contributed by atoms with Crippen LogP contribution in [0.15, 0.2) is 50.8 Å². The molecule has 0 unspecified atom stereocenters. The second-order valence-electron chi connectivity index (χ2n) is 7.54. The molecule has 3 aromatic rings. The van der Waals surface area contributed by atoms with Gasteiger partial charge in [-0.1, -0.05) is 29.8 Å². The van der Waals surface area contributed by atoms with Gasteiger partial charge in [-0.05, 0) is 62.2 Å². The van der Waals surface area contributed by atoms with Gasteiger partial charge in [0.15, 0.2) is 18.1 Å². The minimum absolute atomic E-state index is 0.0375. The molecule has 1 aromatic heterocycles. The summed E-state index contributed by atoms with van der Waals surface area (Å²) in [5.74, 6) is 1.06. The Morgan fingerprint density at radius 3 is 2.62 bits per heavy atom. The summed E-state index contributed by atoms with van der Waals surface area (Å²) in [6.07, 6.45) is 2.39. The van der Waals surface area contributed by atoms with Crippen molar-refractivity contribution in [2.24, 2.45) is 5.10 Å². The maximum absolute atomic E-state index is 13.3. The number of fused-ring (bicyclic) bond motifs is 1. The van der Waals surface area contributed by atoms with Crippen LogP contribution in [-0.4, -0.2) is 41.7 Å². The molecule has 0 N–H and O–H groups in total. The maximum atomic E-state index is 13.3. The Balaban J connectivity index is 1.98. The van der Waals surface area contributed by atoms with Gasteiger partial charge in [0.1, 0.15) is 5.82 Å². The number of hydrogen-bond acceptors (Lipinski definition) is 7. The van der Waals surface area contributed by atoms with Crippen molar-refractivity contribution in [1.82, 2.24) is 9.66 Å². The van der Waals surface area contributed by atoms with E-state index in [0.717, 1.165) is 10.9 Å². The van der Waals surface area contributed by atoms with Gasteiger partial charge >= 0.3 is 5.97 Å². The molecule has 0 spiro atoms. The van der Waals surface area contributed by atoms with E-state index in [-0.39, 0.29) is 24.7 Å². The van der Waals surface area contributed by atoms with Crippen molar-refractivity contribution in [2.45, 2.75) is 40.0 Å². The number of halogens is 1. The lowest BCUT2D eigenvalue weighted by molar-refractivity contribution is -0.145. The van der Waals surface area contributed by atoms with Gasteiger partial charge in [-0.3, -0.25) is 4.79 Å². The number of hydrogen-bond donors (Lipinski definition) is 0. The van der Waals surface area contributed by atoms with Crippen molar-refractivity contribution in [1.29, 1.82) is 0 Å². The molecule has 0 fully saturated rings. The van der Waals surface area contributed by atoms with Crippen LogP contribution in [-0.2, 0) is 9.53 Å². The van der Waals surface area contributed by atoms with Gasteiger partial charge in [0.25, 0.3) is 5.56 Å². The largest absolute Gasteiger partial charge is 0.490 e. The van der Waals surface area contributed by atoms with Crippen LogP contribution in [0.3, 0.4) is 0 Å². The summed E-state index contributed by atoms with van der Waals surface area (Å²) < 4.78 is 18.3. The van der Waals surface area contributed by atoms with Gasteiger partial charge in [0.05, 0.1) is 30.3 Å². The van der Waals surface area contributed by atoms with Crippen LogP contribution in [0.25, 0.3) is 10.9 Å². The Morgan fingerprint density at radius 1 is 1.12 bits per heavy atom. The molecular weight excluding hydrogens is 502 g/mol. The van der Waals surface area contributed by atoms with Crippen molar-refractivity contribution in [2.75, 3.05) is 19.8 Å². The molecule has 1 atom stereocenters. The van der Waals surface area contributed by atoms with Crippen molar-refractivity contribution in [3.8, 4) is 11.5 Å². The molecule has 8 nitrogen and oxygen atoms in total. The molecule has 180 valence electrons. The zero-order valence-corrected chi connectivity index (χ0v) is 21.3. The van der Waals surface area contributed by atoms with Crippen LogP contribution in [0, 0.1) is 0 Å². The first kappa shape index (κ1) is 25.4. The van der Waals surface area contributed by atoms with Gasteiger partial charge in [0, 0.05) is 10.4 Å². The Labute approximate surface area is 206 Å². The van der Waals surface area contributed by atoms with E-state index < -0.39 is 5.97 Å². The SMILES string of the molecule is CCOC(=O)COc1ccc(C=Nn2c([C@H](C)CC)nc3ccc(Br)cc3c2=O)cc1OCC. The molecule has 3 rings (SSSR count). The fourth-order valence-corrected chi connectivity index (χ4v) is 3.60. The summed E-state index contributed by atoms with van der Waals surface area (Å²) in [6, 6.07) is 10.6. The van der Waals surface area contributed by atoms with Crippen LogP contribution in [0.5, 0.6) is 11.5 Å². The van der Waals surface area contributed by atoms with E-state index in [1.165, 1.54) is 4.68 Å². The maximum Gasteiger partial charge on any atom is 0.344 e. The third-order valence-corrected chi connectivity index (χ3v) is 5.62. The highest BCUT2D eigenvalue weighted by molar-refractivity contribution is 9.10. The van der Waals surface area contributed by atoms with Crippen molar-refractivity contribution >= 4 is 39.0 Å². The predicted octanol–water partition coefficient (Wildman–Crippen LogP) is 4.90. The van der Waals surface area contributed by atoms with E-state index >= 15 is 0 Å². The van der Waals surface area contributed by atoms with E-state index in [4.69, 9.17) is 19.2 Å². The molecular formula is C25H28BrN3O5. The van der Waals surface area contributed by atoms with Crippen LogP contribution in [0.4, 0.5) is 0 Å². The predicted molar refractivity (Wildman–Crippen MR) is 135 cm³/mol. The standard InChI is InChI=1S/C25H28BrN3O5/c1-5-16(4)24-28-20-10-9-18(26)13-19(20)25(31)29(24)27-14-17-8-11-21(22(12-17)32-6-2)34-15-23(30)33-7-3/h8-14,16H,5-7,15H2,1-4H3/t16-/m1/s1. The Morgan fingerprint density at radius 2 is 1.91 bits per heavy atom. The highest BCUT2D eigenvalue weighted by Gasteiger charge is 2.16. The molecule has 0 radical (unpaired) electrons. The molecule has 0 aliphatic heterocycles. The summed E-state index contributed by atoms with van der Waals surface area (Å²) in [4.78, 5) is 29.6. The summed E-state index contributed by atoms with van der Waals surface area (Å²) in [5.41, 5.74) is 1.09. The first-order chi connectivity index (χ1) is 16.4. The number of benzene rings is 2. The normalized spacial score (nSPS) is 12.1. The smallest absolute Gasteiger partial charge is 0.344 e. The number of esters is 1. The second-order valence-corrected chi connectivity index (χ2v) is 8.45. The molecule has 0 amide bonds. The number of carbonyl (C=O) groups excluding carboxylic acids is 1. The van der Waals surface area contributed by atoms with Crippen molar-refractivity contribution in [3.63, 3.8) is 0 Å². The van der Waals surface area contributed by atoms with Crippen LogP contribution >= 0.6 is 15.9 Å². The quantitative estimate of drug-likeness (QED) is 0.274.